The molecule has 0 radical (unpaired) electrons. The van der Waals surface area contributed by atoms with Crippen LogP contribution in [0.15, 0.2) is 77.7 Å². The molecular weight excluding hydrogens is 372 g/mol. The van der Waals surface area contributed by atoms with Crippen molar-refractivity contribution < 1.29 is 13.2 Å². The van der Waals surface area contributed by atoms with E-state index in [1.54, 1.807) is 42.5 Å². The number of aryl methyl sites for hydroxylation is 2. The van der Waals surface area contributed by atoms with Gasteiger partial charge in [-0.25, -0.2) is 8.42 Å². The number of nitrogens with one attached hydrogen (secondary N) is 2. The van der Waals surface area contributed by atoms with E-state index in [0.717, 1.165) is 16.7 Å². The highest BCUT2D eigenvalue weighted by Crippen LogP contribution is 2.18. The molecule has 3 aromatic carbocycles. The Morgan fingerprint density at radius 3 is 2.32 bits per heavy atom. The normalized spacial score (nSPS) is 11.1. The maximum absolute atomic E-state index is 12.5. The zero-order valence-electron chi connectivity index (χ0n) is 15.8. The van der Waals surface area contributed by atoms with E-state index in [9.17, 15) is 13.2 Å². The summed E-state index contributed by atoms with van der Waals surface area (Å²) >= 11 is 0. The van der Waals surface area contributed by atoms with Crippen LogP contribution in [0.4, 0.5) is 5.69 Å². The molecule has 1 amide bonds. The quantitative estimate of drug-likeness (QED) is 0.663. The lowest BCUT2D eigenvalue weighted by molar-refractivity contribution is 0.0951. The first-order chi connectivity index (χ1) is 13.3. The van der Waals surface area contributed by atoms with Crippen LogP contribution >= 0.6 is 0 Å². The Morgan fingerprint density at radius 2 is 1.61 bits per heavy atom. The monoisotopic (exact) mass is 394 g/mol. The molecule has 0 aliphatic heterocycles. The van der Waals surface area contributed by atoms with Crippen LogP contribution in [0.1, 0.15) is 27.0 Å². The van der Waals surface area contributed by atoms with E-state index in [1.807, 2.05) is 38.1 Å². The third-order valence-electron chi connectivity index (χ3n) is 4.41. The summed E-state index contributed by atoms with van der Waals surface area (Å²) in [4.78, 5) is 12.6. The summed E-state index contributed by atoms with van der Waals surface area (Å²) < 4.78 is 27.6. The van der Waals surface area contributed by atoms with Crippen LogP contribution in [0.25, 0.3) is 0 Å². The lowest BCUT2D eigenvalue weighted by atomic mass is 10.1. The number of anilines is 1. The van der Waals surface area contributed by atoms with Crippen molar-refractivity contribution in [3.63, 3.8) is 0 Å². The fourth-order valence-corrected chi connectivity index (χ4v) is 3.79. The maximum atomic E-state index is 12.5. The van der Waals surface area contributed by atoms with Gasteiger partial charge in [-0.2, -0.15) is 0 Å². The second-order valence-electron chi connectivity index (χ2n) is 6.61. The van der Waals surface area contributed by atoms with Gasteiger partial charge in [0.25, 0.3) is 15.9 Å². The Labute approximate surface area is 165 Å². The third kappa shape index (κ3) is 4.78. The Kier molecular flexibility index (Phi) is 5.80. The van der Waals surface area contributed by atoms with E-state index in [0.29, 0.717) is 17.8 Å². The largest absolute Gasteiger partial charge is 0.348 e. The zero-order valence-corrected chi connectivity index (χ0v) is 16.6. The van der Waals surface area contributed by atoms with Crippen LogP contribution in [0.3, 0.4) is 0 Å². The summed E-state index contributed by atoms with van der Waals surface area (Å²) in [5, 5.41) is 2.87. The number of hydrogen-bond acceptors (Lipinski definition) is 3. The summed E-state index contributed by atoms with van der Waals surface area (Å²) in [6.07, 6.45) is 0. The van der Waals surface area contributed by atoms with E-state index in [2.05, 4.69) is 10.0 Å². The van der Waals surface area contributed by atoms with Gasteiger partial charge < -0.3 is 5.32 Å². The Morgan fingerprint density at radius 1 is 0.893 bits per heavy atom. The Balaban J connectivity index is 1.72. The first-order valence-corrected chi connectivity index (χ1v) is 10.4. The number of rotatable bonds is 6. The average molecular weight is 394 g/mol. The lowest BCUT2D eigenvalue weighted by Gasteiger charge is -2.11. The molecule has 144 valence electrons. The Bertz CT molecular complexity index is 1090. The summed E-state index contributed by atoms with van der Waals surface area (Å²) in [6, 6.07) is 20.8. The molecule has 0 atom stereocenters. The van der Waals surface area contributed by atoms with Gasteiger partial charge in [-0.15, -0.1) is 0 Å². The number of benzene rings is 3. The van der Waals surface area contributed by atoms with Crippen LogP contribution in [-0.2, 0) is 16.6 Å². The second kappa shape index (κ2) is 8.27. The van der Waals surface area contributed by atoms with Crippen LogP contribution in [0.5, 0.6) is 0 Å². The van der Waals surface area contributed by atoms with Crippen molar-refractivity contribution in [1.82, 2.24) is 5.32 Å². The summed E-state index contributed by atoms with van der Waals surface area (Å²) in [7, 11) is -3.72. The van der Waals surface area contributed by atoms with Crippen LogP contribution in [0.2, 0.25) is 0 Å². The van der Waals surface area contributed by atoms with Gasteiger partial charge in [-0.05, 0) is 55.3 Å². The minimum Gasteiger partial charge on any atom is -0.348 e. The van der Waals surface area contributed by atoms with Crippen molar-refractivity contribution in [2.45, 2.75) is 25.3 Å². The highest BCUT2D eigenvalue weighted by molar-refractivity contribution is 7.92. The van der Waals surface area contributed by atoms with Crippen molar-refractivity contribution >= 4 is 21.6 Å². The highest BCUT2D eigenvalue weighted by Gasteiger charge is 2.15. The average Bonchev–Trinajstić information content (AvgIpc) is 2.67. The van der Waals surface area contributed by atoms with Gasteiger partial charge in [-0.1, -0.05) is 48.0 Å². The van der Waals surface area contributed by atoms with Gasteiger partial charge in [0.05, 0.1) is 4.90 Å². The molecule has 0 aliphatic carbocycles. The van der Waals surface area contributed by atoms with Crippen LogP contribution in [0, 0.1) is 13.8 Å². The summed E-state index contributed by atoms with van der Waals surface area (Å²) in [6.45, 7) is 4.29. The fourth-order valence-electron chi connectivity index (χ4n) is 2.74. The van der Waals surface area contributed by atoms with Crippen LogP contribution < -0.4 is 10.0 Å². The molecular formula is C22H22N2O3S. The molecule has 0 unspecified atom stereocenters. The predicted molar refractivity (Wildman–Crippen MR) is 111 cm³/mol. The second-order valence-corrected chi connectivity index (χ2v) is 8.29. The molecule has 0 fully saturated rings. The van der Waals surface area contributed by atoms with Gasteiger partial charge in [0.2, 0.25) is 0 Å². The Hall–Kier alpha value is -3.12. The van der Waals surface area contributed by atoms with Gasteiger partial charge in [0, 0.05) is 17.8 Å². The summed E-state index contributed by atoms with van der Waals surface area (Å²) in [5.41, 5.74) is 3.84. The molecule has 6 heteroatoms. The van der Waals surface area contributed by atoms with E-state index in [1.165, 1.54) is 6.07 Å². The molecule has 0 aliphatic rings. The molecule has 0 aromatic heterocycles. The van der Waals surface area contributed by atoms with Crippen molar-refractivity contribution in [1.29, 1.82) is 0 Å². The molecule has 5 nitrogen and oxygen atoms in total. The molecule has 3 aromatic rings. The summed E-state index contributed by atoms with van der Waals surface area (Å²) in [5.74, 6) is -0.264. The van der Waals surface area contributed by atoms with E-state index >= 15 is 0 Å². The predicted octanol–water partition coefficient (Wildman–Crippen LogP) is 4.03. The molecule has 2 N–H and O–H groups in total. The van der Waals surface area contributed by atoms with Gasteiger partial charge >= 0.3 is 0 Å². The SMILES string of the molecule is Cc1ccc(S(=O)(=O)Nc2cccc(C(=O)NCc3ccccc3C)c2)cc1. The molecule has 3 rings (SSSR count). The number of carbonyl (C=O) groups excluding carboxylic acids is 1. The van der Waals surface area contributed by atoms with Gasteiger partial charge in [-0.3, -0.25) is 9.52 Å². The molecule has 28 heavy (non-hydrogen) atoms. The minimum absolute atomic E-state index is 0.174. The first kappa shape index (κ1) is 19.6. The first-order valence-electron chi connectivity index (χ1n) is 8.87. The minimum atomic E-state index is -3.72. The molecule has 0 bridgehead atoms. The van der Waals surface area contributed by atoms with Crippen molar-refractivity contribution in [2.24, 2.45) is 0 Å². The van der Waals surface area contributed by atoms with Crippen molar-refractivity contribution in [3.8, 4) is 0 Å². The topological polar surface area (TPSA) is 75.3 Å². The highest BCUT2D eigenvalue weighted by atomic mass is 32.2. The number of hydrogen-bond donors (Lipinski definition) is 2. The third-order valence-corrected chi connectivity index (χ3v) is 5.81. The smallest absolute Gasteiger partial charge is 0.261 e. The maximum Gasteiger partial charge on any atom is 0.261 e. The van der Waals surface area contributed by atoms with E-state index < -0.39 is 10.0 Å². The molecule has 0 saturated carbocycles. The number of carbonyl (C=O) groups is 1. The van der Waals surface area contributed by atoms with E-state index in [-0.39, 0.29) is 10.8 Å². The van der Waals surface area contributed by atoms with Crippen molar-refractivity contribution in [2.75, 3.05) is 4.72 Å². The number of amides is 1. The molecule has 0 saturated heterocycles. The van der Waals surface area contributed by atoms with Gasteiger partial charge in [0.1, 0.15) is 0 Å². The van der Waals surface area contributed by atoms with E-state index in [4.69, 9.17) is 0 Å². The molecule has 0 heterocycles. The lowest BCUT2D eigenvalue weighted by Crippen LogP contribution is -2.23. The zero-order chi connectivity index (χ0) is 20.1. The fraction of sp³-hybridized carbons (Fsp3) is 0.136. The van der Waals surface area contributed by atoms with Crippen molar-refractivity contribution in [3.05, 3.63) is 95.1 Å². The van der Waals surface area contributed by atoms with Crippen LogP contribution in [-0.4, -0.2) is 14.3 Å². The van der Waals surface area contributed by atoms with Gasteiger partial charge in [0.15, 0.2) is 0 Å². The number of sulfonamides is 1. The molecule has 0 spiro atoms. The standard InChI is InChI=1S/C22H22N2O3S/c1-16-10-12-21(13-11-16)28(26,27)24-20-9-5-8-18(14-20)22(25)23-15-19-7-4-3-6-17(19)2/h3-14,24H,15H2,1-2H3,(H,23,25).